The van der Waals surface area contributed by atoms with E-state index >= 15 is 0 Å². The van der Waals surface area contributed by atoms with Crippen LogP contribution in [0.15, 0.2) is 36.4 Å². The van der Waals surface area contributed by atoms with Crippen LogP contribution < -0.4 is 15.8 Å². The predicted molar refractivity (Wildman–Crippen MR) is 105 cm³/mol. The molecule has 29 heavy (non-hydrogen) atoms. The van der Waals surface area contributed by atoms with Crippen LogP contribution in [0.4, 0.5) is 11.6 Å². The number of hydrogen-bond donors (Lipinski definition) is 5. The molecule has 1 aromatic heterocycles. The van der Waals surface area contributed by atoms with E-state index in [0.29, 0.717) is 30.4 Å². The lowest BCUT2D eigenvalue weighted by molar-refractivity contribution is -0.0205. The van der Waals surface area contributed by atoms with Gasteiger partial charge in [-0.2, -0.15) is 8.42 Å². The molecule has 0 bridgehead atoms. The Balaban J connectivity index is 1.41. The van der Waals surface area contributed by atoms with E-state index in [4.69, 9.17) is 5.14 Å². The summed E-state index contributed by atoms with van der Waals surface area (Å²) in [5, 5.41) is 32.2. The first kappa shape index (κ1) is 20.0. The second-order valence-electron chi connectivity index (χ2n) is 7.46. The number of aliphatic hydroxyl groups is 2. The van der Waals surface area contributed by atoms with Crippen LogP contribution in [-0.4, -0.2) is 52.4 Å². The molecule has 2 aliphatic carbocycles. The van der Waals surface area contributed by atoms with E-state index in [9.17, 15) is 18.6 Å². The number of aryl methyl sites for hydroxylation is 1. The summed E-state index contributed by atoms with van der Waals surface area (Å²) in [5.41, 5.74) is -0.534. The number of aliphatic hydroxyl groups excluding tert-OH is 1. The molecule has 1 unspecified atom stereocenters. The summed E-state index contributed by atoms with van der Waals surface area (Å²) in [6.45, 7) is 2.35. The summed E-state index contributed by atoms with van der Waals surface area (Å²) in [6, 6.07) is 11.1. The first-order valence-electron chi connectivity index (χ1n) is 9.18. The highest BCUT2D eigenvalue weighted by atomic mass is 32.2. The van der Waals surface area contributed by atoms with Gasteiger partial charge in [0.05, 0.1) is 6.04 Å². The molecule has 2 fully saturated rings. The first-order valence-corrected chi connectivity index (χ1v) is 10.7. The van der Waals surface area contributed by atoms with E-state index in [-0.39, 0.29) is 0 Å². The van der Waals surface area contributed by atoms with E-state index < -0.39 is 40.1 Å². The average Bonchev–Trinajstić information content (AvgIpc) is 3.09. The standard InChI is InChI=1S/C18H23N5O5S/c1-10-21-14(20-9-11-5-3-2-4-6-11)8-15(22-10)23-13-7-12-17(28-29(19,26)27)18(12,25)16(13)24/h2-6,8,12-13,16-17,24-25H,7,9H2,1H3,(H2,19,26,27)(H2,20,21,22,23)/t12-,13-,16+,17?,18-/m1/s1. The number of nitrogens with one attached hydrogen (secondary N) is 2. The molecule has 156 valence electrons. The molecule has 1 aromatic carbocycles. The Morgan fingerprint density at radius 1 is 1.28 bits per heavy atom. The minimum absolute atomic E-state index is 0.313. The van der Waals surface area contributed by atoms with Crippen molar-refractivity contribution in [3.63, 3.8) is 0 Å². The highest BCUT2D eigenvalue weighted by Gasteiger charge is 2.76. The lowest BCUT2D eigenvalue weighted by Crippen LogP contribution is -2.43. The van der Waals surface area contributed by atoms with Crippen molar-refractivity contribution in [2.24, 2.45) is 11.1 Å². The predicted octanol–water partition coefficient (Wildman–Crippen LogP) is -0.108. The molecule has 0 amide bonds. The third-order valence-corrected chi connectivity index (χ3v) is 5.87. The van der Waals surface area contributed by atoms with Crippen LogP contribution in [0.5, 0.6) is 0 Å². The normalized spacial score (nSPS) is 30.6. The van der Waals surface area contributed by atoms with Crippen molar-refractivity contribution in [2.75, 3.05) is 10.6 Å². The fourth-order valence-electron chi connectivity index (χ4n) is 3.99. The van der Waals surface area contributed by atoms with Crippen molar-refractivity contribution in [3.8, 4) is 0 Å². The van der Waals surface area contributed by atoms with Crippen molar-refractivity contribution in [2.45, 2.75) is 43.7 Å². The molecule has 1 heterocycles. The summed E-state index contributed by atoms with van der Waals surface area (Å²) >= 11 is 0. The zero-order valence-electron chi connectivity index (χ0n) is 15.7. The van der Waals surface area contributed by atoms with Gasteiger partial charge in [-0.25, -0.2) is 15.1 Å². The number of nitrogens with zero attached hydrogens (tertiary/aromatic N) is 2. The minimum atomic E-state index is -4.20. The topological polar surface area (TPSA) is 160 Å². The SMILES string of the molecule is Cc1nc(NCc2ccccc2)cc(N[C@@H]2C[C@@H]3C(OS(N)(=O)=O)[C@]3(O)[C@H]2O)n1. The summed E-state index contributed by atoms with van der Waals surface area (Å²) < 4.78 is 26.9. The van der Waals surface area contributed by atoms with Crippen molar-refractivity contribution in [1.82, 2.24) is 9.97 Å². The molecule has 0 aliphatic heterocycles. The highest BCUT2D eigenvalue weighted by molar-refractivity contribution is 7.84. The van der Waals surface area contributed by atoms with E-state index in [1.165, 1.54) is 0 Å². The molecule has 11 heteroatoms. The smallest absolute Gasteiger partial charge is 0.333 e. The summed E-state index contributed by atoms with van der Waals surface area (Å²) in [6.07, 6.45) is -1.94. The zero-order chi connectivity index (χ0) is 20.8. The van der Waals surface area contributed by atoms with Crippen LogP contribution in [0.2, 0.25) is 0 Å². The quantitative estimate of drug-likeness (QED) is 0.411. The second-order valence-corrected chi connectivity index (χ2v) is 8.64. The monoisotopic (exact) mass is 421 g/mol. The van der Waals surface area contributed by atoms with Gasteiger partial charge < -0.3 is 20.8 Å². The molecule has 5 atom stereocenters. The maximum Gasteiger partial charge on any atom is 0.333 e. The molecule has 4 rings (SSSR count). The number of nitrogens with two attached hydrogens (primary N) is 1. The highest BCUT2D eigenvalue weighted by Crippen LogP contribution is 2.58. The number of anilines is 2. The van der Waals surface area contributed by atoms with Crippen LogP contribution in [0.1, 0.15) is 17.8 Å². The zero-order valence-corrected chi connectivity index (χ0v) is 16.5. The van der Waals surface area contributed by atoms with Crippen LogP contribution >= 0.6 is 0 Å². The molecule has 0 radical (unpaired) electrons. The van der Waals surface area contributed by atoms with Gasteiger partial charge in [-0.1, -0.05) is 30.3 Å². The number of aromatic nitrogens is 2. The van der Waals surface area contributed by atoms with Crippen LogP contribution in [0.3, 0.4) is 0 Å². The first-order chi connectivity index (χ1) is 13.7. The molecule has 2 aromatic rings. The third-order valence-electron chi connectivity index (χ3n) is 5.39. The third kappa shape index (κ3) is 4.05. The summed E-state index contributed by atoms with van der Waals surface area (Å²) in [5.74, 6) is 1.13. The Morgan fingerprint density at radius 2 is 1.97 bits per heavy atom. The fraction of sp³-hybridized carbons (Fsp3) is 0.444. The van der Waals surface area contributed by atoms with Crippen molar-refractivity contribution in [3.05, 3.63) is 47.8 Å². The van der Waals surface area contributed by atoms with Gasteiger partial charge in [-0.05, 0) is 18.9 Å². The molecule has 6 N–H and O–H groups in total. The van der Waals surface area contributed by atoms with Crippen LogP contribution in [-0.2, 0) is 21.0 Å². The second kappa shape index (κ2) is 7.18. The lowest BCUT2D eigenvalue weighted by atomic mass is 10.1. The molecule has 0 saturated heterocycles. The van der Waals surface area contributed by atoms with Gasteiger partial charge in [0, 0.05) is 18.5 Å². The van der Waals surface area contributed by atoms with Crippen LogP contribution in [0.25, 0.3) is 0 Å². The fourth-order valence-corrected chi connectivity index (χ4v) is 4.57. The van der Waals surface area contributed by atoms with E-state index in [2.05, 4.69) is 24.8 Å². The lowest BCUT2D eigenvalue weighted by Gasteiger charge is -2.24. The number of hydrogen-bond acceptors (Lipinski definition) is 9. The Bertz CT molecular complexity index is 1000. The Labute approximate surface area is 168 Å². The van der Waals surface area contributed by atoms with Gasteiger partial charge in [0.25, 0.3) is 0 Å². The van der Waals surface area contributed by atoms with Crippen molar-refractivity contribution >= 4 is 21.9 Å². The van der Waals surface area contributed by atoms with Crippen LogP contribution in [0, 0.1) is 12.8 Å². The number of rotatable bonds is 7. The summed E-state index contributed by atoms with van der Waals surface area (Å²) in [7, 11) is -4.20. The number of benzene rings is 1. The van der Waals surface area contributed by atoms with Crippen molar-refractivity contribution < 1.29 is 22.8 Å². The molecule has 10 nitrogen and oxygen atoms in total. The largest absolute Gasteiger partial charge is 0.388 e. The van der Waals surface area contributed by atoms with Gasteiger partial charge >= 0.3 is 10.3 Å². The molecular weight excluding hydrogens is 398 g/mol. The van der Waals surface area contributed by atoms with Gasteiger partial charge in [0.15, 0.2) is 0 Å². The van der Waals surface area contributed by atoms with Crippen molar-refractivity contribution in [1.29, 1.82) is 0 Å². The van der Waals surface area contributed by atoms with Gasteiger partial charge in [-0.15, -0.1) is 0 Å². The Kier molecular flexibility index (Phi) is 4.95. The maximum atomic E-state index is 11.1. The maximum absolute atomic E-state index is 11.1. The van der Waals surface area contributed by atoms with Gasteiger partial charge in [0.2, 0.25) is 0 Å². The van der Waals surface area contributed by atoms with E-state index in [0.717, 1.165) is 5.56 Å². The molecule has 0 spiro atoms. The Hall–Kier alpha value is -2.31. The molecule has 2 aliphatic rings. The van der Waals surface area contributed by atoms with E-state index in [1.54, 1.807) is 13.0 Å². The van der Waals surface area contributed by atoms with Gasteiger partial charge in [0.1, 0.15) is 35.3 Å². The van der Waals surface area contributed by atoms with E-state index in [1.807, 2.05) is 30.3 Å². The Morgan fingerprint density at radius 3 is 2.59 bits per heavy atom. The number of fused-ring (bicyclic) bond motifs is 1. The van der Waals surface area contributed by atoms with Gasteiger partial charge in [-0.3, -0.25) is 4.18 Å². The molecule has 2 saturated carbocycles. The molecular formula is C18H23N5O5S. The summed E-state index contributed by atoms with van der Waals surface area (Å²) in [4.78, 5) is 8.68. The average molecular weight is 421 g/mol. The minimum Gasteiger partial charge on any atom is -0.388 e.